The van der Waals surface area contributed by atoms with Crippen molar-refractivity contribution in [3.05, 3.63) is 36.0 Å². The number of hydrogen-bond donors (Lipinski definition) is 1. The quantitative estimate of drug-likeness (QED) is 0.874. The number of para-hydroxylation sites is 1. The standard InChI is InChI=1S/C15H19N3/c1-11-9-15(18(2)12-7-8-16-10-12)13-5-3-4-6-14(13)17-11/h3-6,9,12,16H,7-8,10H2,1-2H3. The molecule has 3 heteroatoms. The summed E-state index contributed by atoms with van der Waals surface area (Å²) in [6.07, 6.45) is 1.21. The average Bonchev–Trinajstić information content (AvgIpc) is 2.90. The molecular weight excluding hydrogens is 222 g/mol. The van der Waals surface area contributed by atoms with Gasteiger partial charge in [0.15, 0.2) is 0 Å². The number of aryl methyl sites for hydroxylation is 1. The van der Waals surface area contributed by atoms with Crippen LogP contribution < -0.4 is 10.2 Å². The number of rotatable bonds is 2. The van der Waals surface area contributed by atoms with Gasteiger partial charge in [0.1, 0.15) is 0 Å². The highest BCUT2D eigenvalue weighted by molar-refractivity contribution is 5.92. The Labute approximate surface area is 108 Å². The number of aromatic nitrogens is 1. The van der Waals surface area contributed by atoms with Crippen LogP contribution in [-0.2, 0) is 0 Å². The summed E-state index contributed by atoms with van der Waals surface area (Å²) in [5.41, 5.74) is 3.47. The van der Waals surface area contributed by atoms with Crippen LogP contribution in [0.4, 0.5) is 5.69 Å². The van der Waals surface area contributed by atoms with Crippen molar-refractivity contribution in [2.75, 3.05) is 25.0 Å². The van der Waals surface area contributed by atoms with Crippen LogP contribution >= 0.6 is 0 Å². The maximum absolute atomic E-state index is 4.60. The topological polar surface area (TPSA) is 28.2 Å². The zero-order valence-electron chi connectivity index (χ0n) is 11.0. The predicted molar refractivity (Wildman–Crippen MR) is 76.2 cm³/mol. The molecule has 1 atom stereocenters. The highest BCUT2D eigenvalue weighted by Crippen LogP contribution is 2.28. The van der Waals surface area contributed by atoms with Crippen molar-refractivity contribution >= 4 is 16.6 Å². The second-order valence-electron chi connectivity index (χ2n) is 5.06. The van der Waals surface area contributed by atoms with Crippen LogP contribution in [0.5, 0.6) is 0 Å². The van der Waals surface area contributed by atoms with Gasteiger partial charge in [0.2, 0.25) is 0 Å². The van der Waals surface area contributed by atoms with Crippen molar-refractivity contribution in [3.63, 3.8) is 0 Å². The normalized spacial score (nSPS) is 19.3. The minimum absolute atomic E-state index is 0.593. The molecule has 2 heterocycles. The maximum atomic E-state index is 4.60. The molecule has 94 valence electrons. The van der Waals surface area contributed by atoms with Gasteiger partial charge in [-0.25, -0.2) is 0 Å². The van der Waals surface area contributed by atoms with Gasteiger partial charge in [-0.1, -0.05) is 18.2 Å². The summed E-state index contributed by atoms with van der Waals surface area (Å²) < 4.78 is 0. The van der Waals surface area contributed by atoms with Crippen molar-refractivity contribution in [2.24, 2.45) is 0 Å². The minimum Gasteiger partial charge on any atom is -0.370 e. The van der Waals surface area contributed by atoms with Gasteiger partial charge < -0.3 is 10.2 Å². The molecule has 1 unspecified atom stereocenters. The summed E-state index contributed by atoms with van der Waals surface area (Å²) in [5, 5.41) is 4.68. The number of likely N-dealkylation sites (N-methyl/N-ethyl adjacent to an activating group) is 1. The fourth-order valence-electron chi connectivity index (χ4n) is 2.74. The first-order valence-electron chi connectivity index (χ1n) is 6.55. The van der Waals surface area contributed by atoms with E-state index in [1.165, 1.54) is 17.5 Å². The third kappa shape index (κ3) is 1.95. The summed E-state index contributed by atoms with van der Waals surface area (Å²) in [6, 6.07) is 11.2. The first-order valence-corrected chi connectivity index (χ1v) is 6.55. The van der Waals surface area contributed by atoms with Crippen LogP contribution in [0.1, 0.15) is 12.1 Å². The lowest BCUT2D eigenvalue weighted by molar-refractivity contribution is 0.687. The molecule has 0 bridgehead atoms. The van der Waals surface area contributed by atoms with E-state index in [1.807, 2.05) is 0 Å². The molecule has 0 amide bonds. The fraction of sp³-hybridized carbons (Fsp3) is 0.400. The van der Waals surface area contributed by atoms with Crippen molar-refractivity contribution < 1.29 is 0 Å². The lowest BCUT2D eigenvalue weighted by Gasteiger charge is -2.27. The first kappa shape index (κ1) is 11.5. The summed E-state index contributed by atoms with van der Waals surface area (Å²) >= 11 is 0. The van der Waals surface area contributed by atoms with Crippen molar-refractivity contribution in [2.45, 2.75) is 19.4 Å². The second-order valence-corrected chi connectivity index (χ2v) is 5.06. The molecule has 1 aromatic carbocycles. The molecule has 3 nitrogen and oxygen atoms in total. The molecule has 1 fully saturated rings. The molecule has 0 radical (unpaired) electrons. The van der Waals surface area contributed by atoms with E-state index < -0.39 is 0 Å². The number of anilines is 1. The van der Waals surface area contributed by atoms with Crippen molar-refractivity contribution in [1.82, 2.24) is 10.3 Å². The molecule has 0 saturated carbocycles. The van der Waals surface area contributed by atoms with Crippen LogP contribution in [0.3, 0.4) is 0 Å². The molecule has 18 heavy (non-hydrogen) atoms. The van der Waals surface area contributed by atoms with Gasteiger partial charge in [-0.05, 0) is 32.0 Å². The third-order valence-electron chi connectivity index (χ3n) is 3.78. The largest absolute Gasteiger partial charge is 0.370 e. The van der Waals surface area contributed by atoms with Gasteiger partial charge in [0.25, 0.3) is 0 Å². The van der Waals surface area contributed by atoms with Crippen LogP contribution in [0, 0.1) is 6.92 Å². The highest BCUT2D eigenvalue weighted by Gasteiger charge is 2.21. The number of nitrogens with zero attached hydrogens (tertiary/aromatic N) is 2. The van der Waals surface area contributed by atoms with Crippen LogP contribution in [0.2, 0.25) is 0 Å². The number of hydrogen-bond acceptors (Lipinski definition) is 3. The Morgan fingerprint density at radius 3 is 2.94 bits per heavy atom. The number of benzene rings is 1. The third-order valence-corrected chi connectivity index (χ3v) is 3.78. The molecule has 1 aliphatic rings. The molecule has 2 aromatic rings. The summed E-state index contributed by atoms with van der Waals surface area (Å²) in [5.74, 6) is 0. The average molecular weight is 241 g/mol. The van der Waals surface area contributed by atoms with E-state index in [2.05, 4.69) is 59.5 Å². The Balaban J connectivity index is 2.09. The maximum Gasteiger partial charge on any atom is 0.0726 e. The zero-order chi connectivity index (χ0) is 12.5. The minimum atomic E-state index is 0.593. The van der Waals surface area contributed by atoms with Gasteiger partial charge in [-0.15, -0.1) is 0 Å². The van der Waals surface area contributed by atoms with Gasteiger partial charge in [0, 0.05) is 36.4 Å². The van der Waals surface area contributed by atoms with E-state index in [1.54, 1.807) is 0 Å². The van der Waals surface area contributed by atoms with Crippen molar-refractivity contribution in [1.29, 1.82) is 0 Å². The Kier molecular flexibility index (Phi) is 2.92. The van der Waals surface area contributed by atoms with E-state index in [4.69, 9.17) is 0 Å². The van der Waals surface area contributed by atoms with Gasteiger partial charge in [-0.2, -0.15) is 0 Å². The summed E-state index contributed by atoms with van der Waals surface area (Å²) in [4.78, 5) is 7.00. The second kappa shape index (κ2) is 4.58. The van der Waals surface area contributed by atoms with E-state index in [0.29, 0.717) is 6.04 Å². The van der Waals surface area contributed by atoms with Gasteiger partial charge in [-0.3, -0.25) is 4.98 Å². The Hall–Kier alpha value is -1.61. The number of fused-ring (bicyclic) bond motifs is 1. The monoisotopic (exact) mass is 241 g/mol. The molecule has 1 aliphatic heterocycles. The number of nitrogens with one attached hydrogen (secondary N) is 1. The van der Waals surface area contributed by atoms with E-state index >= 15 is 0 Å². The molecular formula is C15H19N3. The van der Waals surface area contributed by atoms with Gasteiger partial charge >= 0.3 is 0 Å². The Morgan fingerprint density at radius 2 is 2.17 bits per heavy atom. The smallest absolute Gasteiger partial charge is 0.0726 e. The zero-order valence-corrected chi connectivity index (χ0v) is 11.0. The Morgan fingerprint density at radius 1 is 1.33 bits per heavy atom. The lowest BCUT2D eigenvalue weighted by atomic mass is 10.1. The Bertz CT molecular complexity index is 559. The molecule has 1 N–H and O–H groups in total. The summed E-state index contributed by atoms with van der Waals surface area (Å²) in [7, 11) is 2.19. The van der Waals surface area contributed by atoms with E-state index in [-0.39, 0.29) is 0 Å². The molecule has 1 aromatic heterocycles. The van der Waals surface area contributed by atoms with E-state index in [9.17, 15) is 0 Å². The van der Waals surface area contributed by atoms with Crippen molar-refractivity contribution in [3.8, 4) is 0 Å². The molecule has 0 spiro atoms. The number of pyridine rings is 1. The fourth-order valence-corrected chi connectivity index (χ4v) is 2.74. The highest BCUT2D eigenvalue weighted by atomic mass is 15.2. The molecule has 1 saturated heterocycles. The van der Waals surface area contributed by atoms with Crippen LogP contribution in [0.25, 0.3) is 10.9 Å². The van der Waals surface area contributed by atoms with Gasteiger partial charge in [0.05, 0.1) is 5.52 Å². The van der Waals surface area contributed by atoms with Crippen LogP contribution in [-0.4, -0.2) is 31.2 Å². The molecule has 0 aliphatic carbocycles. The molecule has 3 rings (SSSR count). The van der Waals surface area contributed by atoms with Crippen LogP contribution in [0.15, 0.2) is 30.3 Å². The first-order chi connectivity index (χ1) is 8.75. The SMILES string of the molecule is Cc1cc(N(C)C2CCNC2)c2ccccc2n1. The van der Waals surface area contributed by atoms with E-state index in [0.717, 1.165) is 24.3 Å². The predicted octanol–water partition coefficient (Wildman–Crippen LogP) is 2.34. The lowest BCUT2D eigenvalue weighted by Crippen LogP contribution is -2.33. The summed E-state index contributed by atoms with van der Waals surface area (Å²) in [6.45, 7) is 4.26.